The molecule has 0 heterocycles. The summed E-state index contributed by atoms with van der Waals surface area (Å²) in [4.78, 5) is 0. The Kier molecular flexibility index (Phi) is 5.01. The Morgan fingerprint density at radius 3 is 2.31 bits per heavy atom. The number of hydrogen-bond acceptors (Lipinski definition) is 1. The summed E-state index contributed by atoms with van der Waals surface area (Å²) in [6, 6.07) is 11.2. The second kappa shape index (κ2) is 6.05. The van der Waals surface area contributed by atoms with E-state index in [4.69, 9.17) is 0 Å². The minimum atomic E-state index is 0.312. The van der Waals surface area contributed by atoms with Crippen molar-refractivity contribution in [3.05, 3.63) is 35.9 Å². The lowest BCUT2D eigenvalue weighted by Crippen LogP contribution is -2.32. The van der Waals surface area contributed by atoms with Crippen LogP contribution < -0.4 is 5.32 Å². The highest BCUT2D eigenvalue weighted by molar-refractivity contribution is 5.20. The SMILES string of the molecule is CCCCC(C)(C)C(NC)c1ccccc1. The van der Waals surface area contributed by atoms with Crippen molar-refractivity contribution < 1.29 is 0 Å². The van der Waals surface area contributed by atoms with Crippen molar-refractivity contribution in [3.63, 3.8) is 0 Å². The molecule has 16 heavy (non-hydrogen) atoms. The van der Waals surface area contributed by atoms with Crippen LogP contribution in [0.1, 0.15) is 51.6 Å². The predicted octanol–water partition coefficient (Wildman–Crippen LogP) is 4.16. The minimum Gasteiger partial charge on any atom is -0.313 e. The highest BCUT2D eigenvalue weighted by atomic mass is 14.9. The molecule has 0 bridgehead atoms. The van der Waals surface area contributed by atoms with Crippen LogP contribution in [0, 0.1) is 5.41 Å². The van der Waals surface area contributed by atoms with E-state index in [1.807, 2.05) is 0 Å². The zero-order valence-electron chi connectivity index (χ0n) is 11.1. The molecule has 1 N–H and O–H groups in total. The molecule has 1 aromatic carbocycles. The average molecular weight is 219 g/mol. The molecule has 0 fully saturated rings. The molecular weight excluding hydrogens is 194 g/mol. The summed E-state index contributed by atoms with van der Waals surface area (Å²) in [5.74, 6) is 0. The summed E-state index contributed by atoms with van der Waals surface area (Å²) in [6.45, 7) is 6.97. The van der Waals surface area contributed by atoms with Crippen molar-refractivity contribution in [2.75, 3.05) is 7.05 Å². The Bertz CT molecular complexity index is 290. The molecule has 1 atom stereocenters. The third-order valence-corrected chi connectivity index (χ3v) is 3.38. The molecule has 1 aromatic rings. The van der Waals surface area contributed by atoms with Gasteiger partial charge in [0.25, 0.3) is 0 Å². The molecule has 1 heteroatoms. The van der Waals surface area contributed by atoms with Crippen LogP contribution in [0.25, 0.3) is 0 Å². The van der Waals surface area contributed by atoms with Gasteiger partial charge in [-0.1, -0.05) is 63.9 Å². The van der Waals surface area contributed by atoms with Crippen molar-refractivity contribution >= 4 is 0 Å². The van der Waals surface area contributed by atoms with Crippen molar-refractivity contribution in [2.45, 2.75) is 46.1 Å². The maximum atomic E-state index is 3.47. The Hall–Kier alpha value is -0.820. The summed E-state index contributed by atoms with van der Waals surface area (Å²) in [5, 5.41) is 3.47. The van der Waals surface area contributed by atoms with Gasteiger partial charge < -0.3 is 5.32 Å². The van der Waals surface area contributed by atoms with Crippen LogP contribution >= 0.6 is 0 Å². The van der Waals surface area contributed by atoms with Gasteiger partial charge in [0, 0.05) is 6.04 Å². The number of nitrogens with one attached hydrogen (secondary N) is 1. The van der Waals surface area contributed by atoms with Gasteiger partial charge in [0.15, 0.2) is 0 Å². The maximum absolute atomic E-state index is 3.47. The van der Waals surface area contributed by atoms with Crippen LogP contribution in [0.5, 0.6) is 0 Å². The molecule has 0 aliphatic rings. The van der Waals surface area contributed by atoms with Crippen molar-refractivity contribution in [1.82, 2.24) is 5.32 Å². The van der Waals surface area contributed by atoms with E-state index in [-0.39, 0.29) is 0 Å². The molecule has 90 valence electrons. The van der Waals surface area contributed by atoms with Crippen LogP contribution in [-0.2, 0) is 0 Å². The van der Waals surface area contributed by atoms with Gasteiger partial charge in [-0.3, -0.25) is 0 Å². The average Bonchev–Trinajstić information content (AvgIpc) is 2.28. The van der Waals surface area contributed by atoms with Gasteiger partial charge in [0.05, 0.1) is 0 Å². The van der Waals surface area contributed by atoms with Crippen LogP contribution in [-0.4, -0.2) is 7.05 Å². The van der Waals surface area contributed by atoms with Gasteiger partial charge >= 0.3 is 0 Å². The summed E-state index contributed by atoms with van der Waals surface area (Å²) in [6.07, 6.45) is 3.84. The minimum absolute atomic E-state index is 0.312. The Labute approximate surface area is 100 Å². The Morgan fingerprint density at radius 2 is 1.81 bits per heavy atom. The first-order valence-electron chi connectivity index (χ1n) is 6.34. The number of hydrogen-bond donors (Lipinski definition) is 1. The van der Waals surface area contributed by atoms with Crippen molar-refractivity contribution in [3.8, 4) is 0 Å². The molecule has 0 aliphatic carbocycles. The van der Waals surface area contributed by atoms with E-state index in [0.717, 1.165) is 0 Å². The lowest BCUT2D eigenvalue weighted by atomic mass is 9.77. The molecule has 0 aliphatic heterocycles. The molecule has 0 spiro atoms. The summed E-state index contributed by atoms with van der Waals surface area (Å²) < 4.78 is 0. The normalized spacial score (nSPS) is 13.8. The Balaban J connectivity index is 2.81. The van der Waals surface area contributed by atoms with E-state index in [1.54, 1.807) is 0 Å². The smallest absolute Gasteiger partial charge is 0.0369 e. The Morgan fingerprint density at radius 1 is 1.19 bits per heavy atom. The standard InChI is InChI=1S/C15H25N/c1-5-6-12-15(2,3)14(16-4)13-10-8-7-9-11-13/h7-11,14,16H,5-6,12H2,1-4H3. The van der Waals surface area contributed by atoms with E-state index >= 15 is 0 Å². The van der Waals surface area contributed by atoms with Crippen LogP contribution in [0.4, 0.5) is 0 Å². The first-order valence-corrected chi connectivity index (χ1v) is 6.34. The van der Waals surface area contributed by atoms with Gasteiger partial charge in [-0.05, 0) is 24.4 Å². The van der Waals surface area contributed by atoms with Gasteiger partial charge in [0.1, 0.15) is 0 Å². The number of benzene rings is 1. The monoisotopic (exact) mass is 219 g/mol. The number of unbranched alkanes of at least 4 members (excludes halogenated alkanes) is 1. The highest BCUT2D eigenvalue weighted by Crippen LogP contribution is 2.37. The quantitative estimate of drug-likeness (QED) is 0.757. The number of rotatable bonds is 6. The van der Waals surface area contributed by atoms with E-state index in [2.05, 4.69) is 63.5 Å². The second-order valence-corrected chi connectivity index (χ2v) is 5.22. The van der Waals surface area contributed by atoms with Gasteiger partial charge in [-0.25, -0.2) is 0 Å². The fourth-order valence-corrected chi connectivity index (χ4v) is 2.43. The van der Waals surface area contributed by atoms with Crippen molar-refractivity contribution in [2.24, 2.45) is 5.41 Å². The topological polar surface area (TPSA) is 12.0 Å². The molecule has 0 amide bonds. The van der Waals surface area contributed by atoms with E-state index in [0.29, 0.717) is 11.5 Å². The highest BCUT2D eigenvalue weighted by Gasteiger charge is 2.28. The van der Waals surface area contributed by atoms with Crippen LogP contribution in [0.2, 0.25) is 0 Å². The molecular formula is C15H25N. The lowest BCUT2D eigenvalue weighted by Gasteiger charge is -2.34. The van der Waals surface area contributed by atoms with Crippen molar-refractivity contribution in [1.29, 1.82) is 0 Å². The summed E-state index contributed by atoms with van der Waals surface area (Å²) in [7, 11) is 2.06. The molecule has 1 unspecified atom stereocenters. The molecule has 0 aromatic heterocycles. The zero-order chi connectivity index (χ0) is 12.0. The van der Waals surface area contributed by atoms with E-state index in [1.165, 1.54) is 24.8 Å². The van der Waals surface area contributed by atoms with Gasteiger partial charge in [-0.15, -0.1) is 0 Å². The predicted molar refractivity (Wildman–Crippen MR) is 71.5 cm³/mol. The van der Waals surface area contributed by atoms with Crippen LogP contribution in [0.3, 0.4) is 0 Å². The summed E-state index contributed by atoms with van der Waals surface area (Å²) in [5.41, 5.74) is 1.71. The zero-order valence-corrected chi connectivity index (χ0v) is 11.1. The van der Waals surface area contributed by atoms with Gasteiger partial charge in [0.2, 0.25) is 0 Å². The molecule has 0 radical (unpaired) electrons. The third-order valence-electron chi connectivity index (χ3n) is 3.38. The molecule has 1 nitrogen and oxygen atoms in total. The largest absolute Gasteiger partial charge is 0.313 e. The van der Waals surface area contributed by atoms with Gasteiger partial charge in [-0.2, -0.15) is 0 Å². The molecule has 0 saturated carbocycles. The first-order chi connectivity index (χ1) is 7.61. The maximum Gasteiger partial charge on any atom is 0.0369 e. The molecule has 1 rings (SSSR count). The fraction of sp³-hybridized carbons (Fsp3) is 0.600. The third kappa shape index (κ3) is 3.34. The van der Waals surface area contributed by atoms with E-state index < -0.39 is 0 Å². The summed E-state index contributed by atoms with van der Waals surface area (Å²) >= 11 is 0. The fourth-order valence-electron chi connectivity index (χ4n) is 2.43. The van der Waals surface area contributed by atoms with E-state index in [9.17, 15) is 0 Å². The second-order valence-electron chi connectivity index (χ2n) is 5.22. The first kappa shape index (κ1) is 13.2. The lowest BCUT2D eigenvalue weighted by molar-refractivity contribution is 0.229. The van der Waals surface area contributed by atoms with Crippen LogP contribution in [0.15, 0.2) is 30.3 Å². The molecule has 0 saturated heterocycles.